The van der Waals surface area contributed by atoms with Gasteiger partial charge in [0.25, 0.3) is 0 Å². The second-order valence-electron chi connectivity index (χ2n) is 6.47. The predicted octanol–water partition coefficient (Wildman–Crippen LogP) is 4.60. The molecule has 0 bridgehead atoms. The van der Waals surface area contributed by atoms with E-state index in [4.69, 9.17) is 14.2 Å². The van der Waals surface area contributed by atoms with Gasteiger partial charge in [0, 0.05) is 6.08 Å². The van der Waals surface area contributed by atoms with Gasteiger partial charge >= 0.3 is 11.9 Å². The molecular weight excluding hydrogens is 372 g/mol. The van der Waals surface area contributed by atoms with Gasteiger partial charge in [-0.25, -0.2) is 9.59 Å². The van der Waals surface area contributed by atoms with E-state index in [0.717, 1.165) is 23.6 Å². The maximum Gasteiger partial charge on any atom is 0.338 e. The van der Waals surface area contributed by atoms with Crippen LogP contribution in [0.1, 0.15) is 30.6 Å². The Morgan fingerprint density at radius 1 is 0.966 bits per heavy atom. The zero-order chi connectivity index (χ0) is 21.1. The number of carbonyl (C=O) groups is 2. The molecule has 154 valence electrons. The summed E-state index contributed by atoms with van der Waals surface area (Å²) in [5, 5.41) is 0. The van der Waals surface area contributed by atoms with Gasteiger partial charge in [-0.2, -0.15) is 0 Å². The summed E-state index contributed by atoms with van der Waals surface area (Å²) in [7, 11) is 0. The number of benzene rings is 2. The Labute approximate surface area is 171 Å². The summed E-state index contributed by atoms with van der Waals surface area (Å²) in [6.45, 7) is 7.59. The van der Waals surface area contributed by atoms with E-state index in [9.17, 15) is 9.59 Å². The van der Waals surface area contributed by atoms with Gasteiger partial charge in [0.05, 0.1) is 12.2 Å². The third-order valence-corrected chi connectivity index (χ3v) is 4.26. The average Bonchev–Trinajstić information content (AvgIpc) is 2.77. The molecule has 1 atom stereocenters. The van der Waals surface area contributed by atoms with Crippen LogP contribution >= 0.6 is 0 Å². The van der Waals surface area contributed by atoms with Crippen LogP contribution in [0, 0.1) is 5.92 Å². The molecule has 0 aliphatic heterocycles. The Bertz CT molecular complexity index is 795. The first kappa shape index (κ1) is 22.2. The monoisotopic (exact) mass is 398 g/mol. The van der Waals surface area contributed by atoms with Gasteiger partial charge in [-0.05, 0) is 41.3 Å². The van der Waals surface area contributed by atoms with Crippen LogP contribution < -0.4 is 4.74 Å². The van der Waals surface area contributed by atoms with Crippen molar-refractivity contribution in [3.8, 4) is 16.9 Å². The van der Waals surface area contributed by atoms with E-state index >= 15 is 0 Å². The summed E-state index contributed by atoms with van der Waals surface area (Å²) in [4.78, 5) is 22.9. The molecule has 0 aliphatic rings. The van der Waals surface area contributed by atoms with E-state index in [1.807, 2.05) is 43.3 Å². The highest BCUT2D eigenvalue weighted by Crippen LogP contribution is 2.23. The summed E-state index contributed by atoms with van der Waals surface area (Å²) in [5.74, 6) is 0.115. The molecule has 0 aromatic heterocycles. The van der Waals surface area contributed by atoms with Gasteiger partial charge < -0.3 is 18.9 Å². The molecule has 0 heterocycles. The second-order valence-corrected chi connectivity index (χ2v) is 6.47. The standard InChI is InChI=1S/C23H26O6/c1-4-17(3)14-27-23(25)20-8-6-18(7-9-20)19-10-12-21(13-11-19)28-15-26-16-29-22(24)5-2/h5-13,17H,2,4,14-16H2,1,3H3. The van der Waals surface area contributed by atoms with E-state index < -0.39 is 5.97 Å². The number of carbonyl (C=O) groups excluding carboxylic acids is 2. The summed E-state index contributed by atoms with van der Waals surface area (Å²) >= 11 is 0. The number of hydrogen-bond donors (Lipinski definition) is 0. The smallest absolute Gasteiger partial charge is 0.338 e. The normalized spacial score (nSPS) is 11.4. The first-order chi connectivity index (χ1) is 14.0. The molecule has 1 unspecified atom stereocenters. The van der Waals surface area contributed by atoms with E-state index in [0.29, 0.717) is 23.8 Å². The fourth-order valence-electron chi connectivity index (χ4n) is 2.26. The maximum absolute atomic E-state index is 12.1. The van der Waals surface area contributed by atoms with Crippen molar-refractivity contribution < 1.29 is 28.5 Å². The van der Waals surface area contributed by atoms with Gasteiger partial charge in [-0.15, -0.1) is 0 Å². The zero-order valence-electron chi connectivity index (χ0n) is 16.8. The first-order valence-electron chi connectivity index (χ1n) is 9.40. The highest BCUT2D eigenvalue weighted by Gasteiger charge is 2.09. The van der Waals surface area contributed by atoms with Crippen molar-refractivity contribution >= 4 is 11.9 Å². The maximum atomic E-state index is 12.1. The molecule has 0 N–H and O–H groups in total. The Morgan fingerprint density at radius 2 is 1.59 bits per heavy atom. The van der Waals surface area contributed by atoms with Gasteiger partial charge in [-0.3, -0.25) is 0 Å². The minimum Gasteiger partial charge on any atom is -0.467 e. The topological polar surface area (TPSA) is 71.1 Å². The lowest BCUT2D eigenvalue weighted by Gasteiger charge is -2.10. The summed E-state index contributed by atoms with van der Waals surface area (Å²) in [5.41, 5.74) is 2.49. The van der Waals surface area contributed by atoms with E-state index in [1.165, 1.54) is 0 Å². The fraction of sp³-hybridized carbons (Fsp3) is 0.304. The molecule has 0 saturated heterocycles. The van der Waals surface area contributed by atoms with Crippen molar-refractivity contribution in [2.45, 2.75) is 20.3 Å². The SMILES string of the molecule is C=CC(=O)OCOCOc1ccc(-c2ccc(C(=O)OCC(C)CC)cc2)cc1. The average molecular weight is 398 g/mol. The number of hydrogen-bond acceptors (Lipinski definition) is 6. The molecular formula is C23H26O6. The number of ether oxygens (including phenoxy) is 4. The molecule has 2 aromatic rings. The molecule has 0 aliphatic carbocycles. The van der Waals surface area contributed by atoms with Gasteiger partial charge in [-0.1, -0.05) is 51.1 Å². The van der Waals surface area contributed by atoms with Crippen LogP contribution in [0.4, 0.5) is 0 Å². The van der Waals surface area contributed by atoms with Crippen LogP contribution in [-0.4, -0.2) is 32.1 Å². The van der Waals surface area contributed by atoms with Gasteiger partial charge in [0.1, 0.15) is 5.75 Å². The molecule has 0 fully saturated rings. The number of rotatable bonds is 11. The van der Waals surface area contributed by atoms with Crippen molar-refractivity contribution in [2.75, 3.05) is 20.2 Å². The van der Waals surface area contributed by atoms with Crippen LogP contribution in [0.3, 0.4) is 0 Å². The summed E-state index contributed by atoms with van der Waals surface area (Å²) < 4.78 is 20.5. The highest BCUT2D eigenvalue weighted by atomic mass is 16.7. The molecule has 0 spiro atoms. The lowest BCUT2D eigenvalue weighted by molar-refractivity contribution is -0.155. The van der Waals surface area contributed by atoms with Crippen LogP contribution in [0.25, 0.3) is 11.1 Å². The minimum atomic E-state index is -0.552. The zero-order valence-corrected chi connectivity index (χ0v) is 16.8. The molecule has 29 heavy (non-hydrogen) atoms. The second kappa shape index (κ2) is 11.7. The highest BCUT2D eigenvalue weighted by molar-refractivity contribution is 5.90. The number of esters is 2. The van der Waals surface area contributed by atoms with Crippen molar-refractivity contribution in [3.05, 3.63) is 66.7 Å². The van der Waals surface area contributed by atoms with E-state index in [-0.39, 0.29) is 19.6 Å². The van der Waals surface area contributed by atoms with Crippen molar-refractivity contribution in [2.24, 2.45) is 5.92 Å². The lowest BCUT2D eigenvalue weighted by atomic mass is 10.0. The third kappa shape index (κ3) is 7.43. The largest absolute Gasteiger partial charge is 0.467 e. The van der Waals surface area contributed by atoms with Crippen molar-refractivity contribution in [3.63, 3.8) is 0 Å². The summed E-state index contributed by atoms with van der Waals surface area (Å²) in [6, 6.07) is 14.7. The Balaban J connectivity index is 1.84. The first-order valence-corrected chi connectivity index (χ1v) is 9.40. The van der Waals surface area contributed by atoms with Gasteiger partial charge in [0.15, 0.2) is 13.6 Å². The third-order valence-electron chi connectivity index (χ3n) is 4.26. The summed E-state index contributed by atoms with van der Waals surface area (Å²) in [6.07, 6.45) is 2.03. The predicted molar refractivity (Wildman–Crippen MR) is 109 cm³/mol. The molecule has 0 saturated carbocycles. The molecule has 0 radical (unpaired) electrons. The van der Waals surface area contributed by atoms with Crippen LogP contribution in [0.5, 0.6) is 5.75 Å². The van der Waals surface area contributed by atoms with Crippen molar-refractivity contribution in [1.82, 2.24) is 0 Å². The molecule has 2 rings (SSSR count). The molecule has 0 amide bonds. The minimum absolute atomic E-state index is 0.0444. The Kier molecular flexibility index (Phi) is 8.92. The van der Waals surface area contributed by atoms with Gasteiger partial charge in [0.2, 0.25) is 0 Å². The molecule has 6 heteroatoms. The Morgan fingerprint density at radius 3 is 2.17 bits per heavy atom. The fourth-order valence-corrected chi connectivity index (χ4v) is 2.26. The van der Waals surface area contributed by atoms with E-state index in [1.54, 1.807) is 12.1 Å². The molecule has 6 nitrogen and oxygen atoms in total. The van der Waals surface area contributed by atoms with Crippen LogP contribution in [0.15, 0.2) is 61.2 Å². The van der Waals surface area contributed by atoms with E-state index in [2.05, 4.69) is 18.2 Å². The lowest BCUT2D eigenvalue weighted by Crippen LogP contribution is -2.11. The van der Waals surface area contributed by atoms with Crippen molar-refractivity contribution in [1.29, 1.82) is 0 Å². The molecule has 2 aromatic carbocycles. The van der Waals surface area contributed by atoms with Crippen LogP contribution in [-0.2, 0) is 19.0 Å². The van der Waals surface area contributed by atoms with Crippen LogP contribution in [0.2, 0.25) is 0 Å². The Hall–Kier alpha value is -3.12. The quantitative estimate of drug-likeness (QED) is 0.238.